The highest BCUT2D eigenvalue weighted by atomic mass is 35.5. The fourth-order valence-electron chi connectivity index (χ4n) is 3.03. The van der Waals surface area contributed by atoms with E-state index in [0.717, 1.165) is 30.4 Å². The highest BCUT2D eigenvalue weighted by Gasteiger charge is 2.26. The van der Waals surface area contributed by atoms with E-state index in [-0.39, 0.29) is 16.7 Å². The largest absolute Gasteiger partial charge is 0.294 e. The second-order valence-corrected chi connectivity index (χ2v) is 5.93. The summed E-state index contributed by atoms with van der Waals surface area (Å²) in [6.45, 7) is 0. The van der Waals surface area contributed by atoms with Gasteiger partial charge in [-0.2, -0.15) is 0 Å². The quantitative estimate of drug-likeness (QED) is 0.724. The number of ketones is 1. The minimum absolute atomic E-state index is 0.119. The predicted octanol–water partition coefficient (Wildman–Crippen LogP) is 4.86. The second-order valence-electron chi connectivity index (χ2n) is 5.53. The Hall–Kier alpha value is -1.67. The van der Waals surface area contributed by atoms with Gasteiger partial charge >= 0.3 is 0 Å². The molecule has 1 aliphatic rings. The normalized spacial score (nSPS) is 18.2. The SMILES string of the molecule is O=C1c2ccccc2CCCC1Cc1cccc(Cl)c1F. The van der Waals surface area contributed by atoms with E-state index in [0.29, 0.717) is 12.0 Å². The van der Waals surface area contributed by atoms with Crippen LogP contribution in [0.1, 0.15) is 34.3 Å². The zero-order chi connectivity index (χ0) is 14.8. The molecule has 0 spiro atoms. The van der Waals surface area contributed by atoms with Gasteiger partial charge < -0.3 is 0 Å². The number of benzene rings is 2. The third-order valence-corrected chi connectivity index (χ3v) is 4.44. The summed E-state index contributed by atoms with van der Waals surface area (Å²) in [5.41, 5.74) is 2.43. The zero-order valence-corrected chi connectivity index (χ0v) is 12.4. The van der Waals surface area contributed by atoms with E-state index < -0.39 is 5.82 Å². The molecule has 0 aromatic heterocycles. The Labute approximate surface area is 128 Å². The van der Waals surface area contributed by atoms with Crippen LogP contribution in [-0.4, -0.2) is 5.78 Å². The Morgan fingerprint density at radius 3 is 2.81 bits per heavy atom. The molecule has 1 aliphatic carbocycles. The summed E-state index contributed by atoms with van der Waals surface area (Å²) in [7, 11) is 0. The van der Waals surface area contributed by atoms with E-state index in [2.05, 4.69) is 0 Å². The molecule has 3 heteroatoms. The minimum Gasteiger partial charge on any atom is -0.294 e. The number of hydrogen-bond acceptors (Lipinski definition) is 1. The van der Waals surface area contributed by atoms with Gasteiger partial charge in [-0.25, -0.2) is 4.39 Å². The summed E-state index contributed by atoms with van der Waals surface area (Å²) < 4.78 is 14.0. The molecule has 0 aliphatic heterocycles. The highest BCUT2D eigenvalue weighted by Crippen LogP contribution is 2.29. The van der Waals surface area contributed by atoms with Crippen LogP contribution in [-0.2, 0) is 12.8 Å². The molecule has 1 unspecified atom stereocenters. The summed E-state index contributed by atoms with van der Waals surface area (Å²) in [6.07, 6.45) is 3.07. The van der Waals surface area contributed by atoms with Crippen molar-refractivity contribution >= 4 is 17.4 Å². The first-order valence-corrected chi connectivity index (χ1v) is 7.59. The van der Waals surface area contributed by atoms with Crippen LogP contribution in [0.4, 0.5) is 4.39 Å². The summed E-state index contributed by atoms with van der Waals surface area (Å²) >= 11 is 5.82. The molecule has 0 amide bonds. The van der Waals surface area contributed by atoms with Gasteiger partial charge in [0.25, 0.3) is 0 Å². The first kappa shape index (κ1) is 14.3. The van der Waals surface area contributed by atoms with Gasteiger partial charge in [-0.15, -0.1) is 0 Å². The molecule has 2 aromatic carbocycles. The number of rotatable bonds is 2. The van der Waals surface area contributed by atoms with Crippen LogP contribution in [0.2, 0.25) is 5.02 Å². The lowest BCUT2D eigenvalue weighted by atomic mass is 9.89. The second kappa shape index (κ2) is 5.98. The summed E-state index contributed by atoms with van der Waals surface area (Å²) in [4.78, 5) is 12.7. The van der Waals surface area contributed by atoms with Gasteiger partial charge in [0.15, 0.2) is 5.78 Å². The predicted molar refractivity (Wildman–Crippen MR) is 82.3 cm³/mol. The molecule has 108 valence electrons. The van der Waals surface area contributed by atoms with Crippen LogP contribution in [0.3, 0.4) is 0 Å². The molecule has 0 radical (unpaired) electrons. The summed E-state index contributed by atoms with van der Waals surface area (Å²) in [5, 5.41) is 0.119. The van der Waals surface area contributed by atoms with Crippen molar-refractivity contribution in [3.63, 3.8) is 0 Å². The number of halogens is 2. The van der Waals surface area contributed by atoms with E-state index in [1.54, 1.807) is 12.1 Å². The number of Topliss-reactive ketones (excluding diaryl/α,β-unsaturated/α-hetero) is 1. The first-order valence-electron chi connectivity index (χ1n) is 7.22. The maximum absolute atomic E-state index is 14.0. The Balaban J connectivity index is 1.90. The molecule has 0 N–H and O–H groups in total. The van der Waals surface area contributed by atoms with E-state index >= 15 is 0 Å². The molecule has 2 aromatic rings. The Morgan fingerprint density at radius 1 is 1.14 bits per heavy atom. The fraction of sp³-hybridized carbons (Fsp3) is 0.278. The number of aryl methyl sites for hydroxylation is 1. The van der Waals surface area contributed by atoms with Gasteiger partial charge in [0, 0.05) is 11.5 Å². The first-order chi connectivity index (χ1) is 10.2. The molecule has 0 bridgehead atoms. The van der Waals surface area contributed by atoms with E-state index in [1.807, 2.05) is 24.3 Å². The van der Waals surface area contributed by atoms with Crippen LogP contribution in [0.25, 0.3) is 0 Å². The van der Waals surface area contributed by atoms with Gasteiger partial charge in [0.2, 0.25) is 0 Å². The van der Waals surface area contributed by atoms with E-state index in [1.165, 1.54) is 6.07 Å². The molecule has 3 rings (SSSR count). The van der Waals surface area contributed by atoms with Gasteiger partial charge in [-0.3, -0.25) is 4.79 Å². The van der Waals surface area contributed by atoms with E-state index in [9.17, 15) is 9.18 Å². The van der Waals surface area contributed by atoms with Gasteiger partial charge in [0.05, 0.1) is 5.02 Å². The molecular formula is C18H16ClFO. The lowest BCUT2D eigenvalue weighted by Gasteiger charge is -2.14. The van der Waals surface area contributed by atoms with Gasteiger partial charge in [-0.05, 0) is 42.9 Å². The van der Waals surface area contributed by atoms with Gasteiger partial charge in [-0.1, -0.05) is 48.0 Å². The van der Waals surface area contributed by atoms with Crippen molar-refractivity contribution in [1.82, 2.24) is 0 Å². The topological polar surface area (TPSA) is 17.1 Å². The average molecular weight is 303 g/mol. The van der Waals surface area contributed by atoms with Crippen LogP contribution < -0.4 is 0 Å². The smallest absolute Gasteiger partial charge is 0.166 e. The molecule has 1 nitrogen and oxygen atoms in total. The fourth-order valence-corrected chi connectivity index (χ4v) is 3.23. The molecule has 0 heterocycles. The lowest BCUT2D eigenvalue weighted by Crippen LogP contribution is -2.17. The summed E-state index contributed by atoms with van der Waals surface area (Å²) in [6, 6.07) is 12.7. The summed E-state index contributed by atoms with van der Waals surface area (Å²) in [5.74, 6) is -0.436. The molecule has 21 heavy (non-hydrogen) atoms. The van der Waals surface area contributed by atoms with Crippen molar-refractivity contribution in [3.8, 4) is 0 Å². The number of carbonyl (C=O) groups excluding carboxylic acids is 1. The minimum atomic E-state index is -0.399. The van der Waals surface area contributed by atoms with Crippen LogP contribution in [0, 0.1) is 11.7 Å². The van der Waals surface area contributed by atoms with Crippen LogP contribution in [0.5, 0.6) is 0 Å². The van der Waals surface area contributed by atoms with Crippen LogP contribution >= 0.6 is 11.6 Å². The maximum Gasteiger partial charge on any atom is 0.166 e. The van der Waals surface area contributed by atoms with Crippen LogP contribution in [0.15, 0.2) is 42.5 Å². The molecule has 0 fully saturated rings. The Bertz CT molecular complexity index is 681. The monoisotopic (exact) mass is 302 g/mol. The Morgan fingerprint density at radius 2 is 1.95 bits per heavy atom. The van der Waals surface area contributed by atoms with Gasteiger partial charge in [0.1, 0.15) is 5.82 Å². The maximum atomic E-state index is 14.0. The van der Waals surface area contributed by atoms with Crippen molar-refractivity contribution in [2.75, 3.05) is 0 Å². The molecule has 0 saturated carbocycles. The number of fused-ring (bicyclic) bond motifs is 1. The highest BCUT2D eigenvalue weighted by molar-refractivity contribution is 6.30. The molecule has 0 saturated heterocycles. The van der Waals surface area contributed by atoms with Crippen molar-refractivity contribution < 1.29 is 9.18 Å². The number of hydrogen-bond donors (Lipinski definition) is 0. The average Bonchev–Trinajstić information content (AvgIpc) is 2.65. The van der Waals surface area contributed by atoms with Crippen molar-refractivity contribution in [1.29, 1.82) is 0 Å². The third-order valence-electron chi connectivity index (χ3n) is 4.15. The molecular weight excluding hydrogens is 287 g/mol. The standard InChI is InChI=1S/C18H16ClFO/c19-16-10-4-7-13(17(16)20)11-14-8-3-6-12-5-1-2-9-15(12)18(14)21/h1-2,4-5,7,9-10,14H,3,6,8,11H2. The Kier molecular flexibility index (Phi) is 4.07. The van der Waals surface area contributed by atoms with Crippen molar-refractivity contribution in [2.24, 2.45) is 5.92 Å². The van der Waals surface area contributed by atoms with Crippen molar-refractivity contribution in [2.45, 2.75) is 25.7 Å². The lowest BCUT2D eigenvalue weighted by molar-refractivity contribution is 0.0915. The van der Waals surface area contributed by atoms with Crippen molar-refractivity contribution in [3.05, 3.63) is 70.0 Å². The van der Waals surface area contributed by atoms with E-state index in [4.69, 9.17) is 11.6 Å². The number of carbonyl (C=O) groups is 1. The third kappa shape index (κ3) is 2.86. The zero-order valence-electron chi connectivity index (χ0n) is 11.6. The molecule has 1 atom stereocenters.